The molecule has 142 valence electrons. The van der Waals surface area contributed by atoms with E-state index in [1.165, 1.54) is 29.9 Å². The second-order valence-electron chi connectivity index (χ2n) is 6.44. The summed E-state index contributed by atoms with van der Waals surface area (Å²) in [5.41, 5.74) is 1.53. The Morgan fingerprint density at radius 1 is 1.00 bits per heavy atom. The molecule has 0 atom stereocenters. The van der Waals surface area contributed by atoms with Crippen molar-refractivity contribution < 1.29 is 9.59 Å². The molecule has 0 bridgehead atoms. The van der Waals surface area contributed by atoms with Crippen molar-refractivity contribution in [2.75, 3.05) is 24.6 Å². The van der Waals surface area contributed by atoms with E-state index in [-0.39, 0.29) is 11.7 Å². The van der Waals surface area contributed by atoms with E-state index in [1.54, 1.807) is 0 Å². The Bertz CT molecular complexity index is 793. The van der Waals surface area contributed by atoms with Crippen LogP contribution in [0.3, 0.4) is 0 Å². The van der Waals surface area contributed by atoms with Crippen molar-refractivity contribution >= 4 is 35.2 Å². The fourth-order valence-electron chi connectivity index (χ4n) is 2.86. The normalized spacial score (nSPS) is 14.2. The van der Waals surface area contributed by atoms with E-state index in [0.717, 1.165) is 36.7 Å². The number of benzene rings is 1. The lowest BCUT2D eigenvalue weighted by Gasteiger charge is -2.26. The Hall–Kier alpha value is -1.86. The van der Waals surface area contributed by atoms with E-state index in [9.17, 15) is 9.59 Å². The highest BCUT2D eigenvalue weighted by Crippen LogP contribution is 2.22. The van der Waals surface area contributed by atoms with Gasteiger partial charge in [-0.1, -0.05) is 53.9 Å². The van der Waals surface area contributed by atoms with Crippen molar-refractivity contribution in [2.24, 2.45) is 0 Å². The number of amides is 1. The van der Waals surface area contributed by atoms with Crippen molar-refractivity contribution in [3.63, 3.8) is 0 Å². The minimum absolute atomic E-state index is 0.0557. The first-order valence-corrected chi connectivity index (χ1v) is 11.1. The van der Waals surface area contributed by atoms with Crippen molar-refractivity contribution in [2.45, 2.75) is 36.4 Å². The second-order valence-corrected chi connectivity index (χ2v) is 8.38. The predicted molar refractivity (Wildman–Crippen MR) is 109 cm³/mol. The lowest BCUT2D eigenvalue weighted by molar-refractivity contribution is -0.129. The fraction of sp³-hybridized carbons (Fsp3) is 0.400. The molecule has 1 amide bonds. The minimum atomic E-state index is 0.0557. The molecule has 1 aliphatic heterocycles. The summed E-state index contributed by atoms with van der Waals surface area (Å²) in [6.07, 6.45) is 3.41. The van der Waals surface area contributed by atoms with Crippen molar-refractivity contribution in [3.8, 4) is 0 Å². The summed E-state index contributed by atoms with van der Waals surface area (Å²) in [6, 6.07) is 11.1. The average molecular weight is 402 g/mol. The fourth-order valence-corrected chi connectivity index (χ4v) is 4.57. The first kappa shape index (κ1) is 19.9. The maximum Gasteiger partial charge on any atom is 0.232 e. The molecule has 1 aromatic carbocycles. The van der Waals surface area contributed by atoms with Gasteiger partial charge in [-0.3, -0.25) is 9.59 Å². The zero-order valence-corrected chi connectivity index (χ0v) is 17.0. The summed E-state index contributed by atoms with van der Waals surface area (Å²) >= 11 is 2.77. The molecular formula is C20H23N3O2S2. The molecule has 2 heterocycles. The highest BCUT2D eigenvalue weighted by atomic mass is 32.2. The van der Waals surface area contributed by atoms with Gasteiger partial charge in [-0.05, 0) is 32.3 Å². The second kappa shape index (κ2) is 9.90. The highest BCUT2D eigenvalue weighted by Gasteiger charge is 2.17. The number of likely N-dealkylation sites (tertiary alicyclic amines) is 1. The molecule has 0 unspecified atom stereocenters. The Labute approximate surface area is 168 Å². The van der Waals surface area contributed by atoms with Crippen LogP contribution in [-0.2, 0) is 4.79 Å². The van der Waals surface area contributed by atoms with Crippen molar-refractivity contribution in [3.05, 3.63) is 47.7 Å². The number of nitrogens with zero attached hydrogens (tertiary/aromatic N) is 3. The molecule has 3 rings (SSSR count). The summed E-state index contributed by atoms with van der Waals surface area (Å²) in [5.74, 6) is 0.915. The summed E-state index contributed by atoms with van der Waals surface area (Å²) in [6.45, 7) is 3.64. The quantitative estimate of drug-likeness (QED) is 0.304. The summed E-state index contributed by atoms with van der Waals surface area (Å²) in [5, 5.41) is 1.36. The van der Waals surface area contributed by atoms with Crippen LogP contribution < -0.4 is 0 Å². The van der Waals surface area contributed by atoms with Gasteiger partial charge in [0.25, 0.3) is 0 Å². The van der Waals surface area contributed by atoms with Crippen LogP contribution in [0.5, 0.6) is 0 Å². The molecule has 1 fully saturated rings. The predicted octanol–water partition coefficient (Wildman–Crippen LogP) is 3.86. The van der Waals surface area contributed by atoms with Crippen LogP contribution in [0, 0.1) is 6.92 Å². The molecule has 1 aliphatic rings. The first-order chi connectivity index (χ1) is 13.1. The number of aryl methyl sites for hydroxylation is 1. The SMILES string of the molecule is Cc1cc(SCC(=O)N2CCCCC2)nc(SCC(=O)c2ccccc2)n1. The number of rotatable bonds is 7. The molecular weight excluding hydrogens is 378 g/mol. The molecule has 0 spiro atoms. The number of carbonyl (C=O) groups excluding carboxylic acids is 2. The summed E-state index contributed by atoms with van der Waals surface area (Å²) in [4.78, 5) is 35.4. The number of aromatic nitrogens is 2. The molecule has 0 radical (unpaired) electrons. The summed E-state index contributed by atoms with van der Waals surface area (Å²) in [7, 11) is 0. The monoisotopic (exact) mass is 401 g/mol. The van der Waals surface area contributed by atoms with Crippen LogP contribution in [0.4, 0.5) is 0 Å². The van der Waals surface area contributed by atoms with Crippen LogP contribution >= 0.6 is 23.5 Å². The minimum Gasteiger partial charge on any atom is -0.342 e. The average Bonchev–Trinajstić information content (AvgIpc) is 2.71. The van der Waals surface area contributed by atoms with Gasteiger partial charge >= 0.3 is 0 Å². The van der Waals surface area contributed by atoms with Gasteiger partial charge in [-0.25, -0.2) is 9.97 Å². The van der Waals surface area contributed by atoms with E-state index in [0.29, 0.717) is 22.2 Å². The summed E-state index contributed by atoms with van der Waals surface area (Å²) < 4.78 is 0. The number of carbonyl (C=O) groups is 2. The topological polar surface area (TPSA) is 63.2 Å². The lowest BCUT2D eigenvalue weighted by Crippen LogP contribution is -2.36. The van der Waals surface area contributed by atoms with Crippen LogP contribution in [-0.4, -0.2) is 51.2 Å². The molecule has 1 saturated heterocycles. The van der Waals surface area contributed by atoms with Gasteiger partial charge in [0, 0.05) is 24.3 Å². The molecule has 1 aromatic heterocycles. The van der Waals surface area contributed by atoms with Gasteiger partial charge < -0.3 is 4.90 Å². The maximum atomic E-state index is 12.3. The van der Waals surface area contributed by atoms with Crippen LogP contribution in [0.2, 0.25) is 0 Å². The number of hydrogen-bond donors (Lipinski definition) is 0. The molecule has 0 saturated carbocycles. The third-order valence-corrected chi connectivity index (χ3v) is 6.03. The van der Waals surface area contributed by atoms with E-state index in [4.69, 9.17) is 0 Å². The maximum absolute atomic E-state index is 12.3. The van der Waals surface area contributed by atoms with E-state index < -0.39 is 0 Å². The number of ketones is 1. The Kier molecular flexibility index (Phi) is 7.29. The van der Waals surface area contributed by atoms with Crippen molar-refractivity contribution in [1.82, 2.24) is 14.9 Å². The van der Waals surface area contributed by atoms with E-state index >= 15 is 0 Å². The zero-order valence-electron chi connectivity index (χ0n) is 15.4. The zero-order chi connectivity index (χ0) is 19.1. The number of piperidine rings is 1. The Morgan fingerprint density at radius 3 is 2.48 bits per heavy atom. The molecule has 0 aliphatic carbocycles. The van der Waals surface area contributed by atoms with E-state index in [2.05, 4.69) is 9.97 Å². The largest absolute Gasteiger partial charge is 0.342 e. The standard InChI is InChI=1S/C20H23N3O2S2/c1-15-12-18(26-14-19(25)23-10-6-3-7-11-23)22-20(21-15)27-13-17(24)16-8-4-2-5-9-16/h2,4-5,8-9,12H,3,6-7,10-11,13-14H2,1H3. The third kappa shape index (κ3) is 6.07. The van der Waals surface area contributed by atoms with Gasteiger partial charge in [0.15, 0.2) is 10.9 Å². The Morgan fingerprint density at radius 2 is 1.74 bits per heavy atom. The van der Waals surface area contributed by atoms with Gasteiger partial charge in [-0.15, -0.1) is 0 Å². The van der Waals surface area contributed by atoms with Gasteiger partial charge in [0.1, 0.15) is 5.03 Å². The highest BCUT2D eigenvalue weighted by molar-refractivity contribution is 8.00. The molecule has 0 N–H and O–H groups in total. The molecule has 2 aromatic rings. The van der Waals surface area contributed by atoms with Crippen molar-refractivity contribution in [1.29, 1.82) is 0 Å². The molecule has 7 heteroatoms. The van der Waals surface area contributed by atoms with Gasteiger partial charge in [0.2, 0.25) is 5.91 Å². The lowest BCUT2D eigenvalue weighted by atomic mass is 10.1. The molecule has 5 nitrogen and oxygen atoms in total. The van der Waals surface area contributed by atoms with E-state index in [1.807, 2.05) is 48.2 Å². The van der Waals surface area contributed by atoms with Crippen LogP contribution in [0.25, 0.3) is 0 Å². The van der Waals surface area contributed by atoms with Gasteiger partial charge in [0.05, 0.1) is 11.5 Å². The first-order valence-electron chi connectivity index (χ1n) is 9.09. The van der Waals surface area contributed by atoms with Crippen LogP contribution in [0.15, 0.2) is 46.6 Å². The number of hydrogen-bond acceptors (Lipinski definition) is 6. The smallest absolute Gasteiger partial charge is 0.232 e. The number of thioether (sulfide) groups is 2. The Balaban J connectivity index is 1.55. The third-order valence-electron chi connectivity index (χ3n) is 4.29. The molecule has 27 heavy (non-hydrogen) atoms. The van der Waals surface area contributed by atoms with Crippen LogP contribution in [0.1, 0.15) is 35.3 Å². The number of Topliss-reactive ketones (excluding diaryl/α,β-unsaturated/α-hetero) is 1. The van der Waals surface area contributed by atoms with Gasteiger partial charge in [-0.2, -0.15) is 0 Å².